The molecule has 0 saturated heterocycles. The Bertz CT molecular complexity index is 827. The molecule has 2 amide bonds. The first kappa shape index (κ1) is 15.3. The number of urea groups is 1. The maximum Gasteiger partial charge on any atom is 0.323 e. The van der Waals surface area contributed by atoms with Crippen LogP contribution in [0.25, 0.3) is 10.2 Å². The summed E-state index contributed by atoms with van der Waals surface area (Å²) in [4.78, 5) is 16.5. The summed E-state index contributed by atoms with van der Waals surface area (Å²) in [6.45, 7) is 4.52. The van der Waals surface area contributed by atoms with Gasteiger partial charge in [0.05, 0.1) is 21.8 Å². The smallest absolute Gasteiger partial charge is 0.323 e. The van der Waals surface area contributed by atoms with Crippen LogP contribution in [-0.2, 0) is 0 Å². The zero-order valence-corrected chi connectivity index (χ0v) is 13.7. The van der Waals surface area contributed by atoms with Crippen molar-refractivity contribution >= 4 is 39.0 Å². The van der Waals surface area contributed by atoms with E-state index >= 15 is 0 Å². The first-order chi connectivity index (χ1) is 11.1. The number of fused-ring (bicyclic) bond motifs is 1. The number of aromatic nitrogens is 1. The average molecular weight is 327 g/mol. The van der Waals surface area contributed by atoms with E-state index in [9.17, 15) is 4.79 Å². The van der Waals surface area contributed by atoms with Crippen LogP contribution in [0.1, 0.15) is 11.9 Å². The van der Waals surface area contributed by atoms with Crippen LogP contribution in [-0.4, -0.2) is 17.6 Å². The number of ether oxygens (including phenoxy) is 1. The molecular formula is C17H17N3O2S. The van der Waals surface area contributed by atoms with Gasteiger partial charge in [-0.2, -0.15) is 0 Å². The second-order valence-corrected chi connectivity index (χ2v) is 6.19. The third kappa shape index (κ3) is 3.78. The molecule has 0 aliphatic heterocycles. The molecule has 0 unspecified atom stereocenters. The molecule has 3 rings (SSSR count). The number of amides is 2. The van der Waals surface area contributed by atoms with E-state index in [0.29, 0.717) is 18.0 Å². The van der Waals surface area contributed by atoms with Gasteiger partial charge in [0.1, 0.15) is 5.75 Å². The van der Waals surface area contributed by atoms with Gasteiger partial charge >= 0.3 is 6.03 Å². The maximum atomic E-state index is 12.1. The highest BCUT2D eigenvalue weighted by Gasteiger charge is 2.06. The number of thiazole rings is 1. The van der Waals surface area contributed by atoms with E-state index in [1.807, 2.05) is 44.2 Å². The van der Waals surface area contributed by atoms with Gasteiger partial charge in [0, 0.05) is 11.4 Å². The van der Waals surface area contributed by atoms with Crippen LogP contribution in [0.4, 0.5) is 16.2 Å². The Hall–Kier alpha value is -2.60. The Kier molecular flexibility index (Phi) is 4.43. The summed E-state index contributed by atoms with van der Waals surface area (Å²) in [7, 11) is 0. The number of benzene rings is 2. The minimum Gasteiger partial charge on any atom is -0.494 e. The highest BCUT2D eigenvalue weighted by atomic mass is 32.1. The second kappa shape index (κ2) is 6.66. The minimum absolute atomic E-state index is 0.291. The lowest BCUT2D eigenvalue weighted by molar-refractivity contribution is 0.262. The lowest BCUT2D eigenvalue weighted by atomic mass is 10.3. The third-order valence-electron chi connectivity index (χ3n) is 3.18. The molecule has 5 nitrogen and oxygen atoms in total. The van der Waals surface area contributed by atoms with Gasteiger partial charge in [-0.05, 0) is 56.3 Å². The molecule has 118 valence electrons. The summed E-state index contributed by atoms with van der Waals surface area (Å²) in [6.07, 6.45) is 0. The second-order valence-electron chi connectivity index (χ2n) is 4.95. The fourth-order valence-electron chi connectivity index (χ4n) is 2.21. The summed E-state index contributed by atoms with van der Waals surface area (Å²) in [6, 6.07) is 12.7. The molecule has 0 fully saturated rings. The van der Waals surface area contributed by atoms with Gasteiger partial charge < -0.3 is 15.4 Å². The van der Waals surface area contributed by atoms with Crippen LogP contribution in [0.3, 0.4) is 0 Å². The molecule has 0 saturated carbocycles. The summed E-state index contributed by atoms with van der Waals surface area (Å²) in [5, 5.41) is 6.61. The normalized spacial score (nSPS) is 10.5. The summed E-state index contributed by atoms with van der Waals surface area (Å²) in [5.41, 5.74) is 2.31. The van der Waals surface area contributed by atoms with Gasteiger partial charge in [-0.3, -0.25) is 0 Å². The summed E-state index contributed by atoms with van der Waals surface area (Å²) in [5.74, 6) is 0.780. The van der Waals surface area contributed by atoms with Gasteiger partial charge in [0.15, 0.2) is 0 Å². The Morgan fingerprint density at radius 3 is 2.57 bits per heavy atom. The first-order valence-electron chi connectivity index (χ1n) is 7.32. The quantitative estimate of drug-likeness (QED) is 0.733. The third-order valence-corrected chi connectivity index (χ3v) is 4.13. The molecule has 23 heavy (non-hydrogen) atoms. The van der Waals surface area contributed by atoms with Gasteiger partial charge in [0.25, 0.3) is 0 Å². The monoisotopic (exact) mass is 327 g/mol. The van der Waals surface area contributed by atoms with Gasteiger partial charge in [-0.15, -0.1) is 11.3 Å². The van der Waals surface area contributed by atoms with Crippen LogP contribution in [0, 0.1) is 6.92 Å². The standard InChI is InChI=1S/C17H17N3O2S/c1-3-22-14-7-4-12(5-8-14)19-17(21)20-13-6-9-16-15(10-13)18-11(2)23-16/h4-10H,3H2,1-2H3,(H2,19,20,21). The van der Waals surface area contributed by atoms with Crippen LogP contribution < -0.4 is 15.4 Å². The number of nitrogens with one attached hydrogen (secondary N) is 2. The number of nitrogens with zero attached hydrogens (tertiary/aromatic N) is 1. The first-order valence-corrected chi connectivity index (χ1v) is 8.14. The highest BCUT2D eigenvalue weighted by Crippen LogP contribution is 2.24. The van der Waals surface area contributed by atoms with Crippen molar-refractivity contribution in [2.75, 3.05) is 17.2 Å². The molecule has 0 aliphatic carbocycles. The molecule has 0 bridgehead atoms. The number of anilines is 2. The number of carbonyl (C=O) groups is 1. The van der Waals surface area contributed by atoms with Crippen LogP contribution in [0.15, 0.2) is 42.5 Å². The van der Waals surface area contributed by atoms with Crippen molar-refractivity contribution in [3.63, 3.8) is 0 Å². The number of aryl methyl sites for hydroxylation is 1. The Morgan fingerprint density at radius 2 is 1.83 bits per heavy atom. The minimum atomic E-state index is -0.291. The maximum absolute atomic E-state index is 12.1. The number of carbonyl (C=O) groups excluding carboxylic acids is 1. The van der Waals surface area contributed by atoms with E-state index in [2.05, 4.69) is 15.6 Å². The van der Waals surface area contributed by atoms with E-state index in [4.69, 9.17) is 4.74 Å². The molecule has 0 radical (unpaired) electrons. The van der Waals surface area contributed by atoms with Crippen molar-refractivity contribution in [1.82, 2.24) is 4.98 Å². The topological polar surface area (TPSA) is 63.2 Å². The molecular weight excluding hydrogens is 310 g/mol. The Morgan fingerprint density at radius 1 is 1.13 bits per heavy atom. The van der Waals surface area contributed by atoms with Crippen molar-refractivity contribution < 1.29 is 9.53 Å². The molecule has 3 aromatic rings. The molecule has 6 heteroatoms. The summed E-state index contributed by atoms with van der Waals surface area (Å²) < 4.78 is 6.48. The van der Waals surface area contributed by atoms with Crippen molar-refractivity contribution in [1.29, 1.82) is 0 Å². The molecule has 2 N–H and O–H groups in total. The van der Waals surface area contributed by atoms with Crippen molar-refractivity contribution in [3.05, 3.63) is 47.5 Å². The lowest BCUT2D eigenvalue weighted by Crippen LogP contribution is -2.19. The number of hydrogen-bond donors (Lipinski definition) is 2. The highest BCUT2D eigenvalue weighted by molar-refractivity contribution is 7.18. The molecule has 1 heterocycles. The van der Waals surface area contributed by atoms with Crippen molar-refractivity contribution in [3.8, 4) is 5.75 Å². The van der Waals surface area contributed by atoms with E-state index in [0.717, 1.165) is 21.0 Å². The van der Waals surface area contributed by atoms with E-state index < -0.39 is 0 Å². The van der Waals surface area contributed by atoms with Crippen LogP contribution in [0.5, 0.6) is 5.75 Å². The SMILES string of the molecule is CCOc1ccc(NC(=O)Nc2ccc3sc(C)nc3c2)cc1. The van der Waals surface area contributed by atoms with Crippen LogP contribution in [0.2, 0.25) is 0 Å². The van der Waals surface area contributed by atoms with Crippen molar-refractivity contribution in [2.45, 2.75) is 13.8 Å². The van der Waals surface area contributed by atoms with Gasteiger partial charge in [0.2, 0.25) is 0 Å². The van der Waals surface area contributed by atoms with Crippen molar-refractivity contribution in [2.24, 2.45) is 0 Å². The van der Waals surface area contributed by atoms with Gasteiger partial charge in [-0.1, -0.05) is 0 Å². The molecule has 1 aromatic heterocycles. The number of rotatable bonds is 4. The lowest BCUT2D eigenvalue weighted by Gasteiger charge is -2.08. The largest absolute Gasteiger partial charge is 0.494 e. The molecule has 0 atom stereocenters. The fourth-order valence-corrected chi connectivity index (χ4v) is 3.02. The predicted octanol–water partition coefficient (Wildman–Crippen LogP) is 4.65. The fraction of sp³-hybridized carbons (Fsp3) is 0.176. The summed E-state index contributed by atoms with van der Waals surface area (Å²) >= 11 is 1.64. The van der Waals surface area contributed by atoms with Crippen LogP contribution >= 0.6 is 11.3 Å². The Labute approximate surface area is 138 Å². The number of hydrogen-bond acceptors (Lipinski definition) is 4. The Balaban J connectivity index is 1.65. The predicted molar refractivity (Wildman–Crippen MR) is 94.6 cm³/mol. The molecule has 2 aromatic carbocycles. The van der Waals surface area contributed by atoms with Gasteiger partial charge in [-0.25, -0.2) is 9.78 Å². The molecule has 0 spiro atoms. The van der Waals surface area contributed by atoms with E-state index in [1.165, 1.54) is 0 Å². The molecule has 0 aliphatic rings. The zero-order valence-electron chi connectivity index (χ0n) is 12.9. The van der Waals surface area contributed by atoms with E-state index in [1.54, 1.807) is 23.5 Å². The van der Waals surface area contributed by atoms with E-state index in [-0.39, 0.29) is 6.03 Å². The average Bonchev–Trinajstić information content (AvgIpc) is 2.89. The zero-order chi connectivity index (χ0) is 16.2.